The number of nitrogens with zero attached hydrogens (tertiary/aromatic N) is 2. The summed E-state index contributed by atoms with van der Waals surface area (Å²) in [6.45, 7) is 4.22. The van der Waals surface area contributed by atoms with E-state index in [1.54, 1.807) is 18.3 Å². The molecule has 0 radical (unpaired) electrons. The van der Waals surface area contributed by atoms with E-state index in [0.717, 1.165) is 5.56 Å². The molecule has 0 bridgehead atoms. The van der Waals surface area contributed by atoms with Crippen molar-refractivity contribution in [1.82, 2.24) is 14.7 Å². The molecule has 2 aromatic rings. The molecule has 0 aromatic carbocycles. The van der Waals surface area contributed by atoms with Gasteiger partial charge in [-0.25, -0.2) is 4.98 Å². The maximum Gasteiger partial charge on any atom is 0.270 e. The Labute approximate surface area is 128 Å². The highest BCUT2D eigenvalue weighted by atomic mass is 35.5. The fraction of sp³-hybridized carbons (Fsp3) is 0.357. The highest BCUT2D eigenvalue weighted by Gasteiger charge is 2.12. The molecule has 114 valence electrons. The number of carbonyl (C=O) groups excluding carboxylic acids is 1. The zero-order valence-corrected chi connectivity index (χ0v) is 12.8. The van der Waals surface area contributed by atoms with E-state index in [2.05, 4.69) is 10.3 Å². The summed E-state index contributed by atoms with van der Waals surface area (Å²) in [6.07, 6.45) is 3.60. The molecule has 2 rings (SSSR count). The molecule has 21 heavy (non-hydrogen) atoms. The largest absolute Gasteiger partial charge is 0.352 e. The Morgan fingerprint density at radius 2 is 2.24 bits per heavy atom. The number of carbonyl (C=O) groups is 1. The molecule has 0 aliphatic heterocycles. The molecular weight excluding hydrogens is 292 g/mol. The van der Waals surface area contributed by atoms with Gasteiger partial charge in [0.2, 0.25) is 0 Å². The third kappa shape index (κ3) is 4.03. The van der Waals surface area contributed by atoms with Gasteiger partial charge in [-0.15, -0.1) is 12.4 Å². The van der Waals surface area contributed by atoms with Gasteiger partial charge in [-0.3, -0.25) is 14.0 Å². The van der Waals surface area contributed by atoms with Gasteiger partial charge in [0.1, 0.15) is 11.2 Å². The third-order valence-electron chi connectivity index (χ3n) is 3.00. The number of fused-ring (bicyclic) bond motifs is 1. The van der Waals surface area contributed by atoms with E-state index in [-0.39, 0.29) is 29.6 Å². The fourth-order valence-corrected chi connectivity index (χ4v) is 1.84. The van der Waals surface area contributed by atoms with Crippen molar-refractivity contribution in [1.29, 1.82) is 0 Å². The quantitative estimate of drug-likeness (QED) is 0.877. The number of nitrogens with one attached hydrogen (secondary N) is 1. The van der Waals surface area contributed by atoms with Crippen molar-refractivity contribution < 1.29 is 4.79 Å². The second kappa shape index (κ2) is 7.19. The summed E-state index contributed by atoms with van der Waals surface area (Å²) >= 11 is 0. The van der Waals surface area contributed by atoms with Gasteiger partial charge in [0.15, 0.2) is 0 Å². The van der Waals surface area contributed by atoms with Crippen molar-refractivity contribution in [3.63, 3.8) is 0 Å². The molecule has 1 atom stereocenters. The van der Waals surface area contributed by atoms with E-state index < -0.39 is 5.91 Å². The van der Waals surface area contributed by atoms with Gasteiger partial charge in [0, 0.05) is 25.0 Å². The monoisotopic (exact) mass is 310 g/mol. The van der Waals surface area contributed by atoms with Crippen molar-refractivity contribution in [3.8, 4) is 0 Å². The summed E-state index contributed by atoms with van der Waals surface area (Å²) in [7, 11) is 0. The van der Waals surface area contributed by atoms with Gasteiger partial charge in [-0.1, -0.05) is 0 Å². The summed E-state index contributed by atoms with van der Waals surface area (Å²) in [4.78, 5) is 28.3. The van der Waals surface area contributed by atoms with E-state index >= 15 is 0 Å². The van der Waals surface area contributed by atoms with Crippen LogP contribution in [-0.4, -0.2) is 27.9 Å². The summed E-state index contributed by atoms with van der Waals surface area (Å²) in [5, 5.41) is 2.67. The number of hydrogen-bond acceptors (Lipinski definition) is 4. The molecule has 1 amide bonds. The van der Waals surface area contributed by atoms with Crippen LogP contribution in [0, 0.1) is 6.92 Å². The van der Waals surface area contributed by atoms with Gasteiger partial charge in [-0.2, -0.15) is 0 Å². The normalized spacial score (nSPS) is 11.8. The van der Waals surface area contributed by atoms with Crippen molar-refractivity contribution in [2.45, 2.75) is 26.3 Å². The number of halogens is 1. The number of hydrogen-bond donors (Lipinski definition) is 2. The second-order valence-electron chi connectivity index (χ2n) is 4.93. The minimum atomic E-state index is -0.418. The molecule has 2 aromatic heterocycles. The number of aromatic nitrogens is 2. The maximum absolute atomic E-state index is 12.2. The predicted octanol–water partition coefficient (Wildman–Crippen LogP) is 0.892. The average molecular weight is 311 g/mol. The molecule has 7 heteroatoms. The number of rotatable bonds is 4. The summed E-state index contributed by atoms with van der Waals surface area (Å²) in [5.41, 5.74) is 6.81. The smallest absolute Gasteiger partial charge is 0.270 e. The molecule has 3 N–H and O–H groups in total. The van der Waals surface area contributed by atoms with Crippen molar-refractivity contribution in [3.05, 3.63) is 46.0 Å². The van der Waals surface area contributed by atoms with Gasteiger partial charge in [0.25, 0.3) is 11.5 Å². The lowest BCUT2D eigenvalue weighted by molar-refractivity contribution is 0.0951. The van der Waals surface area contributed by atoms with E-state index in [9.17, 15) is 9.59 Å². The molecule has 1 unspecified atom stereocenters. The van der Waals surface area contributed by atoms with Gasteiger partial charge in [-0.05, 0) is 38.0 Å². The van der Waals surface area contributed by atoms with Crippen molar-refractivity contribution >= 4 is 24.0 Å². The molecule has 0 fully saturated rings. The first-order chi connectivity index (χ1) is 9.49. The topological polar surface area (TPSA) is 89.5 Å². The number of nitrogens with two attached hydrogens (primary N) is 1. The molecule has 0 aliphatic rings. The third-order valence-corrected chi connectivity index (χ3v) is 3.00. The van der Waals surface area contributed by atoms with Crippen LogP contribution in [0.3, 0.4) is 0 Å². The van der Waals surface area contributed by atoms with E-state index in [4.69, 9.17) is 5.73 Å². The van der Waals surface area contributed by atoms with Gasteiger partial charge >= 0.3 is 0 Å². The Balaban J connectivity index is 0.00000220. The zero-order valence-electron chi connectivity index (χ0n) is 12.0. The number of pyridine rings is 1. The van der Waals surface area contributed by atoms with Crippen LogP contribution < -0.4 is 16.6 Å². The first-order valence-corrected chi connectivity index (χ1v) is 6.51. The van der Waals surface area contributed by atoms with Gasteiger partial charge < -0.3 is 11.1 Å². The lowest BCUT2D eigenvalue weighted by Crippen LogP contribution is -2.33. The van der Waals surface area contributed by atoms with Crippen LogP contribution in [-0.2, 0) is 0 Å². The lowest BCUT2D eigenvalue weighted by atomic mass is 10.2. The van der Waals surface area contributed by atoms with Crippen molar-refractivity contribution in [2.24, 2.45) is 5.73 Å². The predicted molar refractivity (Wildman–Crippen MR) is 84.0 cm³/mol. The minimum Gasteiger partial charge on any atom is -0.352 e. The van der Waals surface area contributed by atoms with Crippen LogP contribution in [0.15, 0.2) is 29.3 Å². The Kier molecular flexibility index (Phi) is 5.87. The summed E-state index contributed by atoms with van der Waals surface area (Å²) in [5.74, 6) is -0.418. The maximum atomic E-state index is 12.2. The Morgan fingerprint density at radius 1 is 1.52 bits per heavy atom. The van der Waals surface area contributed by atoms with E-state index in [0.29, 0.717) is 18.6 Å². The first kappa shape index (κ1) is 17.1. The van der Waals surface area contributed by atoms with Crippen LogP contribution in [0.5, 0.6) is 0 Å². The molecule has 6 nitrogen and oxygen atoms in total. The second-order valence-corrected chi connectivity index (χ2v) is 4.93. The molecule has 0 saturated heterocycles. The number of aryl methyl sites for hydroxylation is 1. The van der Waals surface area contributed by atoms with Crippen LogP contribution >= 0.6 is 12.4 Å². The van der Waals surface area contributed by atoms with Crippen LogP contribution in [0.4, 0.5) is 0 Å². The Hall–Kier alpha value is -1.92. The average Bonchev–Trinajstić information content (AvgIpc) is 2.38. The molecule has 0 saturated carbocycles. The van der Waals surface area contributed by atoms with Crippen LogP contribution in [0.1, 0.15) is 29.3 Å². The van der Waals surface area contributed by atoms with Crippen molar-refractivity contribution in [2.75, 3.05) is 6.54 Å². The molecule has 2 heterocycles. The lowest BCUT2D eigenvalue weighted by Gasteiger charge is -2.08. The zero-order chi connectivity index (χ0) is 14.7. The standard InChI is InChI=1S/C14H18N4O2.ClH/c1-9-4-6-18-12(7-9)17-8-11(14(18)20)13(19)16-5-3-10(2)15;/h4,6-8,10H,3,5,15H2,1-2H3,(H,16,19);1H. The van der Waals surface area contributed by atoms with E-state index in [1.165, 1.54) is 10.6 Å². The Morgan fingerprint density at radius 3 is 2.90 bits per heavy atom. The Bertz CT molecular complexity index is 697. The highest BCUT2D eigenvalue weighted by Crippen LogP contribution is 2.02. The molecular formula is C14H19ClN4O2. The summed E-state index contributed by atoms with van der Waals surface area (Å²) < 4.78 is 1.37. The first-order valence-electron chi connectivity index (χ1n) is 6.51. The summed E-state index contributed by atoms with van der Waals surface area (Å²) in [6, 6.07) is 3.60. The van der Waals surface area contributed by atoms with Gasteiger partial charge in [0.05, 0.1) is 0 Å². The highest BCUT2D eigenvalue weighted by molar-refractivity contribution is 5.93. The van der Waals surface area contributed by atoms with E-state index in [1.807, 2.05) is 13.8 Å². The van der Waals surface area contributed by atoms with Crippen LogP contribution in [0.2, 0.25) is 0 Å². The number of amides is 1. The SMILES string of the molecule is Cc1ccn2c(=O)c(C(=O)NCCC(C)N)cnc2c1.Cl. The fourth-order valence-electron chi connectivity index (χ4n) is 1.84. The minimum absolute atomic E-state index is 0. The van der Waals surface area contributed by atoms with Crippen LogP contribution in [0.25, 0.3) is 5.65 Å². The molecule has 0 aliphatic carbocycles. The molecule has 0 spiro atoms.